The van der Waals surface area contributed by atoms with Crippen LogP contribution in [0, 0.1) is 10.1 Å². The Kier molecular flexibility index (Phi) is 5.97. The molecule has 1 heterocycles. The Morgan fingerprint density at radius 2 is 1.87 bits per heavy atom. The zero-order valence-corrected chi connectivity index (χ0v) is 17.9. The molecule has 0 atom stereocenters. The van der Waals surface area contributed by atoms with Crippen LogP contribution in [-0.4, -0.2) is 27.8 Å². The first-order chi connectivity index (χ1) is 15.0. The lowest BCUT2D eigenvalue weighted by Crippen LogP contribution is -2.29. The highest BCUT2D eigenvalue weighted by Gasteiger charge is 2.24. The lowest BCUT2D eigenvalue weighted by atomic mass is 9.95. The number of imidazole rings is 1. The number of nitro groups is 1. The van der Waals surface area contributed by atoms with Crippen molar-refractivity contribution in [3.8, 4) is 11.5 Å². The Hall–Kier alpha value is -3.29. The summed E-state index contributed by atoms with van der Waals surface area (Å²) < 4.78 is 14.7. The van der Waals surface area contributed by atoms with Crippen molar-refractivity contribution in [3.05, 3.63) is 62.6 Å². The maximum atomic E-state index is 13.6. The Labute approximate surface area is 180 Å². The molecule has 1 aliphatic rings. The van der Waals surface area contributed by atoms with Crippen LogP contribution < -0.4 is 15.2 Å². The molecule has 0 radical (unpaired) electrons. The van der Waals surface area contributed by atoms with E-state index in [-0.39, 0.29) is 24.0 Å². The number of aromatic nitrogens is 2. The highest BCUT2D eigenvalue weighted by atomic mass is 16.6. The zero-order chi connectivity index (χ0) is 22.0. The molecular weight excluding hydrogens is 398 g/mol. The summed E-state index contributed by atoms with van der Waals surface area (Å²) in [4.78, 5) is 24.2. The second-order valence-corrected chi connectivity index (χ2v) is 7.87. The second kappa shape index (κ2) is 8.83. The van der Waals surface area contributed by atoms with Crippen LogP contribution in [0.15, 0.2) is 41.2 Å². The van der Waals surface area contributed by atoms with E-state index < -0.39 is 4.92 Å². The van der Waals surface area contributed by atoms with Crippen molar-refractivity contribution in [3.63, 3.8) is 0 Å². The minimum Gasteiger partial charge on any atom is -0.496 e. The summed E-state index contributed by atoms with van der Waals surface area (Å²) in [5, 5.41) is 11.1. The summed E-state index contributed by atoms with van der Waals surface area (Å²) in [5.74, 6) is 1.13. The third-order valence-corrected chi connectivity index (χ3v) is 5.99. The van der Waals surface area contributed by atoms with E-state index in [2.05, 4.69) is 0 Å². The lowest BCUT2D eigenvalue weighted by molar-refractivity contribution is -0.384. The normalized spacial score (nSPS) is 14.6. The number of hydrogen-bond acceptors (Lipinski definition) is 5. The zero-order valence-electron chi connectivity index (χ0n) is 17.9. The molecule has 0 unspecified atom stereocenters. The Morgan fingerprint density at radius 3 is 2.55 bits per heavy atom. The molecule has 4 rings (SSSR count). The van der Waals surface area contributed by atoms with Crippen LogP contribution in [0.1, 0.15) is 50.6 Å². The number of ether oxygens (including phenoxy) is 2. The molecular formula is C23H27N3O5. The fourth-order valence-electron chi connectivity index (χ4n) is 4.51. The number of non-ortho nitro benzene ring substituents is 1. The van der Waals surface area contributed by atoms with Crippen LogP contribution in [0.5, 0.6) is 11.5 Å². The van der Waals surface area contributed by atoms with Crippen LogP contribution >= 0.6 is 0 Å². The van der Waals surface area contributed by atoms with Crippen molar-refractivity contribution in [2.75, 3.05) is 13.7 Å². The highest BCUT2D eigenvalue weighted by molar-refractivity contribution is 5.78. The van der Waals surface area contributed by atoms with E-state index in [4.69, 9.17) is 9.47 Å². The number of fused-ring (bicyclic) bond motifs is 1. The van der Waals surface area contributed by atoms with Crippen molar-refractivity contribution >= 4 is 16.7 Å². The molecule has 8 nitrogen and oxygen atoms in total. The monoisotopic (exact) mass is 425 g/mol. The molecule has 0 N–H and O–H groups in total. The Bertz CT molecular complexity index is 1160. The molecule has 1 aliphatic carbocycles. The van der Waals surface area contributed by atoms with Gasteiger partial charge in [0.05, 0.1) is 42.3 Å². The van der Waals surface area contributed by atoms with Gasteiger partial charge in [0.1, 0.15) is 11.5 Å². The SMILES string of the molecule is CCOc1ccc2c(c1)n(C1CCCCC1)c(=O)n2Cc1ccc([N+](=O)[O-])cc1OC. The summed E-state index contributed by atoms with van der Waals surface area (Å²) in [5.41, 5.74) is 2.28. The first-order valence-electron chi connectivity index (χ1n) is 10.7. The molecule has 0 aliphatic heterocycles. The second-order valence-electron chi connectivity index (χ2n) is 7.87. The van der Waals surface area contributed by atoms with Gasteiger partial charge in [0.15, 0.2) is 0 Å². The molecule has 1 fully saturated rings. The quantitative estimate of drug-likeness (QED) is 0.405. The van der Waals surface area contributed by atoms with Gasteiger partial charge in [-0.1, -0.05) is 19.3 Å². The highest BCUT2D eigenvalue weighted by Crippen LogP contribution is 2.32. The van der Waals surface area contributed by atoms with Crippen LogP contribution in [0.3, 0.4) is 0 Å². The minimum absolute atomic E-state index is 0.0427. The Balaban J connectivity index is 1.83. The smallest absolute Gasteiger partial charge is 0.329 e. The summed E-state index contributed by atoms with van der Waals surface area (Å²) in [7, 11) is 1.48. The first-order valence-corrected chi connectivity index (χ1v) is 10.7. The molecule has 2 aromatic carbocycles. The minimum atomic E-state index is -0.456. The van der Waals surface area contributed by atoms with Crippen LogP contribution in [-0.2, 0) is 6.54 Å². The van der Waals surface area contributed by atoms with Gasteiger partial charge < -0.3 is 9.47 Å². The number of methoxy groups -OCH3 is 1. The average Bonchev–Trinajstić information content (AvgIpc) is 3.05. The molecule has 0 saturated heterocycles. The average molecular weight is 425 g/mol. The van der Waals surface area contributed by atoms with Gasteiger partial charge >= 0.3 is 5.69 Å². The predicted molar refractivity (Wildman–Crippen MR) is 118 cm³/mol. The number of nitro benzene ring substituents is 1. The van der Waals surface area contributed by atoms with Gasteiger partial charge in [0.2, 0.25) is 0 Å². The predicted octanol–water partition coefficient (Wildman–Crippen LogP) is 4.67. The standard InChI is InChI=1S/C23H27N3O5/c1-3-31-19-11-12-20-21(14-19)25(17-7-5-4-6-8-17)23(27)24(20)15-16-9-10-18(26(28)29)13-22(16)30-2/h9-14,17H,3-8,15H2,1-2H3. The molecule has 1 aromatic heterocycles. The van der Waals surface area contributed by atoms with Crippen molar-refractivity contribution in [1.82, 2.24) is 9.13 Å². The van der Waals surface area contributed by atoms with E-state index in [1.807, 2.05) is 29.7 Å². The number of nitrogens with zero attached hydrogens (tertiary/aromatic N) is 3. The van der Waals surface area contributed by atoms with Crippen LogP contribution in [0.25, 0.3) is 11.0 Å². The number of benzene rings is 2. The van der Waals surface area contributed by atoms with Gasteiger partial charge in [-0.3, -0.25) is 19.2 Å². The van der Waals surface area contributed by atoms with Gasteiger partial charge in [0, 0.05) is 23.7 Å². The molecule has 31 heavy (non-hydrogen) atoms. The third-order valence-electron chi connectivity index (χ3n) is 5.99. The molecule has 164 valence electrons. The van der Waals surface area contributed by atoms with Crippen molar-refractivity contribution < 1.29 is 14.4 Å². The fraction of sp³-hybridized carbons (Fsp3) is 0.435. The molecule has 8 heteroatoms. The van der Waals surface area contributed by atoms with Gasteiger partial charge in [-0.05, 0) is 38.0 Å². The summed E-state index contributed by atoms with van der Waals surface area (Å²) in [6.07, 6.45) is 5.40. The largest absolute Gasteiger partial charge is 0.496 e. The topological polar surface area (TPSA) is 88.5 Å². The van der Waals surface area contributed by atoms with Gasteiger partial charge in [-0.15, -0.1) is 0 Å². The summed E-state index contributed by atoms with van der Waals surface area (Å²) in [6.45, 7) is 2.76. The van der Waals surface area contributed by atoms with Gasteiger partial charge in [-0.25, -0.2) is 4.79 Å². The molecule has 0 amide bonds. The number of rotatable bonds is 7. The molecule has 0 spiro atoms. The summed E-state index contributed by atoms with van der Waals surface area (Å²) >= 11 is 0. The van der Waals surface area contributed by atoms with Gasteiger partial charge in [0.25, 0.3) is 5.69 Å². The van der Waals surface area contributed by atoms with Crippen LogP contribution in [0.2, 0.25) is 0 Å². The van der Waals surface area contributed by atoms with E-state index >= 15 is 0 Å². The maximum Gasteiger partial charge on any atom is 0.329 e. The summed E-state index contributed by atoms with van der Waals surface area (Å²) in [6, 6.07) is 10.4. The Morgan fingerprint density at radius 1 is 1.10 bits per heavy atom. The third kappa shape index (κ3) is 4.02. The van der Waals surface area contributed by atoms with E-state index in [0.29, 0.717) is 17.9 Å². The van der Waals surface area contributed by atoms with E-state index in [1.54, 1.807) is 10.6 Å². The van der Waals surface area contributed by atoms with Gasteiger partial charge in [-0.2, -0.15) is 0 Å². The van der Waals surface area contributed by atoms with Crippen molar-refractivity contribution in [1.29, 1.82) is 0 Å². The van der Waals surface area contributed by atoms with Crippen molar-refractivity contribution in [2.45, 2.75) is 51.6 Å². The van der Waals surface area contributed by atoms with E-state index in [9.17, 15) is 14.9 Å². The molecule has 3 aromatic rings. The van der Waals surface area contributed by atoms with Crippen molar-refractivity contribution in [2.24, 2.45) is 0 Å². The maximum absolute atomic E-state index is 13.6. The van der Waals surface area contributed by atoms with Crippen LogP contribution in [0.4, 0.5) is 5.69 Å². The lowest BCUT2D eigenvalue weighted by Gasteiger charge is -2.23. The molecule has 0 bridgehead atoms. The van der Waals surface area contributed by atoms with E-state index in [0.717, 1.165) is 42.5 Å². The van der Waals surface area contributed by atoms with E-state index in [1.165, 1.54) is 25.7 Å². The molecule has 1 saturated carbocycles. The number of hydrogen-bond donors (Lipinski definition) is 0. The fourth-order valence-corrected chi connectivity index (χ4v) is 4.51. The first kappa shape index (κ1) is 21.0.